The summed E-state index contributed by atoms with van der Waals surface area (Å²) in [6.45, 7) is 4.04. The SMILES string of the molecule is CC(C)OCCCNC(=O)C(=O)N/N=C\c1cc(Cl)ccc1OCC(=O)O. The van der Waals surface area contributed by atoms with E-state index in [1.807, 2.05) is 13.8 Å². The molecule has 0 atom stereocenters. The van der Waals surface area contributed by atoms with Crippen LogP contribution in [0, 0.1) is 0 Å². The van der Waals surface area contributed by atoms with E-state index in [1.54, 1.807) is 0 Å². The predicted octanol–water partition coefficient (Wildman–Crippen LogP) is 1.18. The molecule has 1 rings (SSSR count). The van der Waals surface area contributed by atoms with E-state index in [2.05, 4.69) is 15.8 Å². The Kier molecular flexibility index (Phi) is 9.84. The maximum atomic E-state index is 11.7. The van der Waals surface area contributed by atoms with Crippen LogP contribution >= 0.6 is 11.6 Å². The largest absolute Gasteiger partial charge is 0.481 e. The van der Waals surface area contributed by atoms with Crippen LogP contribution in [-0.2, 0) is 19.1 Å². The van der Waals surface area contributed by atoms with Crippen molar-refractivity contribution in [3.05, 3.63) is 28.8 Å². The van der Waals surface area contributed by atoms with Gasteiger partial charge in [0, 0.05) is 23.7 Å². The van der Waals surface area contributed by atoms with Gasteiger partial charge >= 0.3 is 17.8 Å². The lowest BCUT2D eigenvalue weighted by molar-refractivity contribution is -0.139. The number of carboxylic acids is 1. The third-order valence-corrected chi connectivity index (χ3v) is 3.19. The summed E-state index contributed by atoms with van der Waals surface area (Å²) in [5.41, 5.74) is 2.42. The zero-order valence-corrected chi connectivity index (χ0v) is 15.8. The monoisotopic (exact) mass is 399 g/mol. The normalized spacial score (nSPS) is 10.8. The number of hydrogen-bond donors (Lipinski definition) is 3. The highest BCUT2D eigenvalue weighted by Crippen LogP contribution is 2.21. The number of benzene rings is 1. The van der Waals surface area contributed by atoms with Crippen LogP contribution in [0.3, 0.4) is 0 Å². The molecule has 0 spiro atoms. The number of halogens is 1. The lowest BCUT2D eigenvalue weighted by atomic mass is 10.2. The van der Waals surface area contributed by atoms with Crippen molar-refractivity contribution in [3.63, 3.8) is 0 Å². The lowest BCUT2D eigenvalue weighted by Gasteiger charge is -2.08. The molecule has 0 saturated heterocycles. The Morgan fingerprint density at radius 1 is 1.30 bits per heavy atom. The first kappa shape index (κ1) is 22.4. The highest BCUT2D eigenvalue weighted by atomic mass is 35.5. The van der Waals surface area contributed by atoms with Gasteiger partial charge in [-0.15, -0.1) is 0 Å². The van der Waals surface area contributed by atoms with Crippen molar-refractivity contribution < 1.29 is 29.0 Å². The highest BCUT2D eigenvalue weighted by molar-refractivity contribution is 6.35. The number of carboxylic acid groups (broad SMARTS) is 1. The fourth-order valence-corrected chi connectivity index (χ4v) is 1.96. The molecule has 0 fully saturated rings. The van der Waals surface area contributed by atoms with Gasteiger partial charge in [-0.1, -0.05) is 11.6 Å². The van der Waals surface area contributed by atoms with Crippen LogP contribution in [0.15, 0.2) is 23.3 Å². The van der Waals surface area contributed by atoms with Crippen LogP contribution in [0.25, 0.3) is 0 Å². The molecular weight excluding hydrogens is 378 g/mol. The molecule has 0 heterocycles. The second kappa shape index (κ2) is 11.9. The molecule has 2 amide bonds. The van der Waals surface area contributed by atoms with Gasteiger partial charge in [0.05, 0.1) is 12.3 Å². The molecular formula is C17H22ClN3O6. The van der Waals surface area contributed by atoms with Crippen molar-refractivity contribution in [3.8, 4) is 5.75 Å². The van der Waals surface area contributed by atoms with Crippen molar-refractivity contribution in [1.29, 1.82) is 0 Å². The number of amides is 2. The molecule has 1 aromatic carbocycles. The van der Waals surface area contributed by atoms with Crippen LogP contribution in [0.1, 0.15) is 25.8 Å². The van der Waals surface area contributed by atoms with E-state index in [-0.39, 0.29) is 11.9 Å². The standard InChI is InChI=1S/C17H22ClN3O6/c1-11(2)26-7-3-6-19-16(24)17(25)21-20-9-12-8-13(18)4-5-14(12)27-10-15(22)23/h4-5,8-9,11H,3,6-7,10H2,1-2H3,(H,19,24)(H,21,25)(H,22,23)/b20-9-. The second-order valence-electron chi connectivity index (χ2n) is 5.59. The molecule has 0 aliphatic rings. The zero-order valence-electron chi connectivity index (χ0n) is 15.0. The van der Waals surface area contributed by atoms with E-state index < -0.39 is 24.4 Å². The molecule has 0 aliphatic carbocycles. The summed E-state index contributed by atoms with van der Waals surface area (Å²) in [5.74, 6) is -2.69. The number of hydrazone groups is 1. The molecule has 0 unspecified atom stereocenters. The minimum Gasteiger partial charge on any atom is -0.481 e. The third-order valence-electron chi connectivity index (χ3n) is 2.96. The van der Waals surface area contributed by atoms with E-state index in [9.17, 15) is 14.4 Å². The Labute approximate surface area is 161 Å². The fraction of sp³-hybridized carbons (Fsp3) is 0.412. The zero-order chi connectivity index (χ0) is 20.2. The topological polar surface area (TPSA) is 126 Å². The molecule has 3 N–H and O–H groups in total. The van der Waals surface area contributed by atoms with Crippen LogP contribution in [0.5, 0.6) is 5.75 Å². The van der Waals surface area contributed by atoms with Gasteiger partial charge in [0.2, 0.25) is 0 Å². The maximum Gasteiger partial charge on any atom is 0.341 e. The Hall–Kier alpha value is -2.65. The molecule has 0 aromatic heterocycles. The van der Waals surface area contributed by atoms with Gasteiger partial charge in [0.1, 0.15) is 5.75 Å². The number of rotatable bonds is 10. The second-order valence-corrected chi connectivity index (χ2v) is 6.03. The Morgan fingerprint density at radius 2 is 2.04 bits per heavy atom. The first-order valence-electron chi connectivity index (χ1n) is 8.16. The van der Waals surface area contributed by atoms with Gasteiger partial charge in [-0.2, -0.15) is 5.10 Å². The molecule has 148 valence electrons. The number of nitrogens with zero attached hydrogens (tertiary/aromatic N) is 1. The molecule has 27 heavy (non-hydrogen) atoms. The number of hydrogen-bond acceptors (Lipinski definition) is 6. The van der Waals surface area contributed by atoms with E-state index in [1.165, 1.54) is 24.4 Å². The quantitative estimate of drug-likeness (QED) is 0.235. The predicted molar refractivity (Wildman–Crippen MR) is 99.0 cm³/mol. The minimum absolute atomic E-state index is 0.106. The van der Waals surface area contributed by atoms with E-state index in [4.69, 9.17) is 26.2 Å². The number of aliphatic carboxylic acids is 1. The molecule has 0 radical (unpaired) electrons. The van der Waals surface area contributed by atoms with E-state index in [0.717, 1.165) is 0 Å². The number of ether oxygens (including phenoxy) is 2. The van der Waals surface area contributed by atoms with Gasteiger partial charge in [0.15, 0.2) is 6.61 Å². The molecule has 9 nitrogen and oxygen atoms in total. The van der Waals surface area contributed by atoms with Gasteiger partial charge in [-0.25, -0.2) is 10.2 Å². The van der Waals surface area contributed by atoms with Crippen LogP contribution in [0.2, 0.25) is 5.02 Å². The summed E-state index contributed by atoms with van der Waals surface area (Å²) in [6.07, 6.45) is 1.88. The van der Waals surface area contributed by atoms with Gasteiger partial charge in [0.25, 0.3) is 0 Å². The summed E-state index contributed by atoms with van der Waals surface area (Å²) in [7, 11) is 0. The van der Waals surface area contributed by atoms with Gasteiger partial charge < -0.3 is 19.9 Å². The first-order valence-corrected chi connectivity index (χ1v) is 8.54. The summed E-state index contributed by atoms with van der Waals surface area (Å²) in [4.78, 5) is 33.9. The smallest absolute Gasteiger partial charge is 0.341 e. The van der Waals surface area contributed by atoms with Crippen molar-refractivity contribution in [1.82, 2.24) is 10.7 Å². The minimum atomic E-state index is -1.14. The first-order chi connectivity index (χ1) is 12.8. The van der Waals surface area contributed by atoms with Crippen molar-refractivity contribution in [2.75, 3.05) is 19.8 Å². The number of carbonyl (C=O) groups excluding carboxylic acids is 2. The molecule has 1 aromatic rings. The molecule has 0 aliphatic heterocycles. The van der Waals surface area contributed by atoms with Crippen molar-refractivity contribution in [2.45, 2.75) is 26.4 Å². The Morgan fingerprint density at radius 3 is 2.70 bits per heavy atom. The summed E-state index contributed by atoms with van der Waals surface area (Å²) in [6, 6.07) is 4.47. The summed E-state index contributed by atoms with van der Waals surface area (Å²) in [5, 5.41) is 15.1. The lowest BCUT2D eigenvalue weighted by Crippen LogP contribution is -2.38. The fourth-order valence-electron chi connectivity index (χ4n) is 1.78. The highest BCUT2D eigenvalue weighted by Gasteiger charge is 2.12. The maximum absolute atomic E-state index is 11.7. The van der Waals surface area contributed by atoms with E-state index in [0.29, 0.717) is 30.2 Å². The molecule has 0 saturated carbocycles. The number of nitrogens with one attached hydrogen (secondary N) is 2. The molecule has 10 heteroatoms. The van der Waals surface area contributed by atoms with Crippen molar-refractivity contribution in [2.24, 2.45) is 5.10 Å². The van der Waals surface area contributed by atoms with Gasteiger partial charge in [-0.3, -0.25) is 9.59 Å². The summed E-state index contributed by atoms with van der Waals surface area (Å²) < 4.78 is 10.4. The van der Waals surface area contributed by atoms with E-state index >= 15 is 0 Å². The molecule has 0 bridgehead atoms. The van der Waals surface area contributed by atoms with Crippen LogP contribution < -0.4 is 15.5 Å². The third kappa shape index (κ3) is 9.57. The summed E-state index contributed by atoms with van der Waals surface area (Å²) >= 11 is 5.88. The van der Waals surface area contributed by atoms with Crippen LogP contribution in [-0.4, -0.2) is 55.0 Å². The average molecular weight is 400 g/mol. The van der Waals surface area contributed by atoms with Crippen LogP contribution in [0.4, 0.5) is 0 Å². The average Bonchev–Trinajstić information content (AvgIpc) is 2.60. The Bertz CT molecular complexity index is 693. The Balaban J connectivity index is 2.50. The van der Waals surface area contributed by atoms with Crippen molar-refractivity contribution >= 4 is 35.6 Å². The van der Waals surface area contributed by atoms with Gasteiger partial charge in [-0.05, 0) is 38.5 Å². The number of carbonyl (C=O) groups is 3.